The summed E-state index contributed by atoms with van der Waals surface area (Å²) in [4.78, 5) is 28.4. The molecule has 0 saturated carbocycles. The molecule has 0 spiro atoms. The number of carbonyl (C=O) groups excluding carboxylic acids is 2. The van der Waals surface area contributed by atoms with Crippen molar-refractivity contribution in [1.29, 1.82) is 0 Å². The molecular weight excluding hydrogens is 388 g/mol. The van der Waals surface area contributed by atoms with Gasteiger partial charge in [0.05, 0.1) is 12.8 Å². The van der Waals surface area contributed by atoms with E-state index in [0.717, 1.165) is 25.9 Å². The first kappa shape index (κ1) is 21.0. The second-order valence-corrected chi connectivity index (χ2v) is 7.33. The van der Waals surface area contributed by atoms with Gasteiger partial charge in [-0.1, -0.05) is 30.3 Å². The summed E-state index contributed by atoms with van der Waals surface area (Å²) in [5.41, 5.74) is 1.21. The highest BCUT2D eigenvalue weighted by Gasteiger charge is 2.20. The summed E-state index contributed by atoms with van der Waals surface area (Å²) in [6.07, 6.45) is 3.14. The van der Waals surface area contributed by atoms with Gasteiger partial charge < -0.3 is 14.6 Å². The predicted molar refractivity (Wildman–Crippen MR) is 115 cm³/mol. The highest BCUT2D eigenvalue weighted by Crippen LogP contribution is 2.05. The van der Waals surface area contributed by atoms with Crippen LogP contribution in [0.3, 0.4) is 0 Å². The number of benzene rings is 1. The Balaban J connectivity index is 1.38. The molecule has 3 rings (SSSR count). The second-order valence-electron chi connectivity index (χ2n) is 6.94. The van der Waals surface area contributed by atoms with Crippen molar-refractivity contribution >= 4 is 29.1 Å². The third-order valence-corrected chi connectivity index (χ3v) is 5.15. The lowest BCUT2D eigenvalue weighted by atomic mass is 10.1. The number of hydrogen-bond acceptors (Lipinski definition) is 5. The van der Waals surface area contributed by atoms with Gasteiger partial charge in [-0.05, 0) is 42.8 Å². The molecule has 2 heterocycles. The summed E-state index contributed by atoms with van der Waals surface area (Å²) in [5, 5.41) is 6.08. The Kier molecular flexibility index (Phi) is 7.77. The number of thiocarbonyl (C=S) groups is 1. The number of furan rings is 1. The van der Waals surface area contributed by atoms with Crippen LogP contribution < -0.4 is 10.6 Å². The van der Waals surface area contributed by atoms with Crippen LogP contribution in [-0.4, -0.2) is 66.0 Å². The summed E-state index contributed by atoms with van der Waals surface area (Å²) in [6, 6.07) is 13.4. The first-order valence-electron chi connectivity index (χ1n) is 9.78. The number of rotatable bonds is 6. The molecule has 0 aliphatic carbocycles. The lowest BCUT2D eigenvalue weighted by Gasteiger charge is -2.23. The fourth-order valence-electron chi connectivity index (χ4n) is 3.23. The van der Waals surface area contributed by atoms with E-state index in [1.807, 2.05) is 23.1 Å². The van der Waals surface area contributed by atoms with E-state index in [-0.39, 0.29) is 17.6 Å². The van der Waals surface area contributed by atoms with Crippen LogP contribution in [0.1, 0.15) is 22.5 Å². The third kappa shape index (κ3) is 6.69. The van der Waals surface area contributed by atoms with Crippen molar-refractivity contribution < 1.29 is 14.0 Å². The van der Waals surface area contributed by atoms with Gasteiger partial charge in [0.2, 0.25) is 5.91 Å². The molecule has 1 fully saturated rings. The third-order valence-electron chi connectivity index (χ3n) is 4.79. The summed E-state index contributed by atoms with van der Waals surface area (Å²) < 4.78 is 5.09. The van der Waals surface area contributed by atoms with Crippen molar-refractivity contribution in [3.05, 3.63) is 60.1 Å². The Bertz CT molecular complexity index is 811. The van der Waals surface area contributed by atoms with Crippen molar-refractivity contribution in [3.63, 3.8) is 0 Å². The van der Waals surface area contributed by atoms with Gasteiger partial charge in [-0.25, -0.2) is 0 Å². The summed E-state index contributed by atoms with van der Waals surface area (Å²) >= 11 is 5.37. The number of nitrogens with one attached hydrogen (secondary N) is 2. The smallest absolute Gasteiger partial charge is 0.293 e. The van der Waals surface area contributed by atoms with E-state index < -0.39 is 0 Å². The van der Waals surface area contributed by atoms with E-state index in [2.05, 4.69) is 27.7 Å². The molecule has 7 nitrogen and oxygen atoms in total. The molecule has 8 heteroatoms. The van der Waals surface area contributed by atoms with Crippen molar-refractivity contribution in [3.8, 4) is 0 Å². The molecule has 29 heavy (non-hydrogen) atoms. The van der Waals surface area contributed by atoms with Gasteiger partial charge >= 0.3 is 0 Å². The van der Waals surface area contributed by atoms with Gasteiger partial charge in [-0.2, -0.15) is 0 Å². The normalized spacial score (nSPS) is 14.8. The van der Waals surface area contributed by atoms with Gasteiger partial charge in [0.15, 0.2) is 10.9 Å². The molecule has 0 radical (unpaired) electrons. The van der Waals surface area contributed by atoms with Crippen molar-refractivity contribution in [1.82, 2.24) is 20.4 Å². The van der Waals surface area contributed by atoms with Gasteiger partial charge in [0.25, 0.3) is 5.91 Å². The Morgan fingerprint density at radius 1 is 1.03 bits per heavy atom. The first-order valence-corrected chi connectivity index (χ1v) is 10.2. The number of carbonyl (C=O) groups is 2. The molecule has 2 aromatic rings. The Hall–Kier alpha value is -2.71. The van der Waals surface area contributed by atoms with Crippen molar-refractivity contribution in [2.24, 2.45) is 0 Å². The quantitative estimate of drug-likeness (QED) is 0.700. The Morgan fingerprint density at radius 3 is 2.62 bits per heavy atom. The standard InChI is InChI=1S/C21H26N4O3S/c26-19(22-10-9-17-6-2-1-3-7-17)16-24-11-5-12-25(14-13-24)21(29)23-20(27)18-8-4-15-28-18/h1-4,6-8,15H,5,9-14,16H2,(H,22,26)(H,23,27,29). The van der Waals surface area contributed by atoms with Crippen LogP contribution in [0.25, 0.3) is 0 Å². The molecule has 154 valence electrons. The fraction of sp³-hybridized carbons (Fsp3) is 0.381. The van der Waals surface area contributed by atoms with E-state index in [1.54, 1.807) is 12.1 Å². The largest absolute Gasteiger partial charge is 0.459 e. The van der Waals surface area contributed by atoms with Crippen LogP contribution in [-0.2, 0) is 11.2 Å². The molecule has 0 unspecified atom stereocenters. The zero-order chi connectivity index (χ0) is 20.5. The van der Waals surface area contributed by atoms with E-state index in [9.17, 15) is 9.59 Å². The lowest BCUT2D eigenvalue weighted by Crippen LogP contribution is -2.45. The predicted octanol–water partition coefficient (Wildman–Crippen LogP) is 1.66. The average molecular weight is 415 g/mol. The average Bonchev–Trinajstić information content (AvgIpc) is 3.16. The molecule has 1 aliphatic heterocycles. The van der Waals surface area contributed by atoms with Crippen LogP contribution in [0.4, 0.5) is 0 Å². The molecule has 1 saturated heterocycles. The van der Waals surface area contributed by atoms with Gasteiger partial charge in [-0.3, -0.25) is 19.8 Å². The van der Waals surface area contributed by atoms with E-state index in [4.69, 9.17) is 16.6 Å². The topological polar surface area (TPSA) is 77.8 Å². The van der Waals surface area contributed by atoms with Gasteiger partial charge in [-0.15, -0.1) is 0 Å². The minimum Gasteiger partial charge on any atom is -0.459 e. The summed E-state index contributed by atoms with van der Waals surface area (Å²) in [5.74, 6) is -0.0852. The van der Waals surface area contributed by atoms with Crippen molar-refractivity contribution in [2.45, 2.75) is 12.8 Å². The van der Waals surface area contributed by atoms with Crippen LogP contribution in [0, 0.1) is 0 Å². The SMILES string of the molecule is O=C(CN1CCCN(C(=S)NC(=O)c2ccco2)CC1)NCCc1ccccc1. The maximum atomic E-state index is 12.2. The lowest BCUT2D eigenvalue weighted by molar-refractivity contribution is -0.122. The fourth-order valence-corrected chi connectivity index (χ4v) is 3.50. The first-order chi connectivity index (χ1) is 14.1. The Morgan fingerprint density at radius 2 is 1.86 bits per heavy atom. The van der Waals surface area contributed by atoms with E-state index in [1.165, 1.54) is 11.8 Å². The van der Waals surface area contributed by atoms with Crippen LogP contribution in [0.5, 0.6) is 0 Å². The molecule has 1 aromatic carbocycles. The second kappa shape index (κ2) is 10.7. The van der Waals surface area contributed by atoms with E-state index in [0.29, 0.717) is 31.3 Å². The van der Waals surface area contributed by atoms with Gasteiger partial charge in [0.1, 0.15) is 0 Å². The van der Waals surface area contributed by atoms with Gasteiger partial charge in [0, 0.05) is 32.7 Å². The molecule has 1 aromatic heterocycles. The maximum absolute atomic E-state index is 12.2. The van der Waals surface area contributed by atoms with E-state index >= 15 is 0 Å². The number of amides is 2. The molecular formula is C21H26N4O3S. The minimum absolute atomic E-state index is 0.0306. The minimum atomic E-state index is -0.348. The molecule has 0 atom stereocenters. The number of nitrogens with zero attached hydrogens (tertiary/aromatic N) is 2. The summed E-state index contributed by atoms with van der Waals surface area (Å²) in [7, 11) is 0. The van der Waals surface area contributed by atoms with Crippen LogP contribution in [0.15, 0.2) is 53.1 Å². The number of hydrogen-bond donors (Lipinski definition) is 2. The summed E-state index contributed by atoms with van der Waals surface area (Å²) in [6.45, 7) is 3.93. The molecule has 2 amide bonds. The molecule has 2 N–H and O–H groups in total. The van der Waals surface area contributed by atoms with Crippen LogP contribution >= 0.6 is 12.2 Å². The molecule has 0 bridgehead atoms. The van der Waals surface area contributed by atoms with Crippen molar-refractivity contribution in [2.75, 3.05) is 39.3 Å². The monoisotopic (exact) mass is 414 g/mol. The zero-order valence-electron chi connectivity index (χ0n) is 16.3. The Labute approximate surface area is 176 Å². The molecule has 1 aliphatic rings. The van der Waals surface area contributed by atoms with Crippen LogP contribution in [0.2, 0.25) is 0 Å². The maximum Gasteiger partial charge on any atom is 0.293 e. The zero-order valence-corrected chi connectivity index (χ0v) is 17.1. The highest BCUT2D eigenvalue weighted by molar-refractivity contribution is 7.80. The highest BCUT2D eigenvalue weighted by atomic mass is 32.1.